The van der Waals surface area contributed by atoms with Crippen molar-refractivity contribution in [2.75, 3.05) is 0 Å². The van der Waals surface area contributed by atoms with Gasteiger partial charge in [0, 0.05) is 22.2 Å². The minimum absolute atomic E-state index is 0.0630. The fourth-order valence-electron chi connectivity index (χ4n) is 2.31. The number of benzene rings is 2. The molecule has 0 atom stereocenters. The van der Waals surface area contributed by atoms with Gasteiger partial charge in [0.25, 0.3) is 5.69 Å². The highest BCUT2D eigenvalue weighted by molar-refractivity contribution is 9.10. The molecule has 122 valence electrons. The van der Waals surface area contributed by atoms with Gasteiger partial charge >= 0.3 is 0 Å². The van der Waals surface area contributed by atoms with Gasteiger partial charge in [-0.15, -0.1) is 0 Å². The predicted octanol–water partition coefficient (Wildman–Crippen LogP) is 4.31. The van der Waals surface area contributed by atoms with Gasteiger partial charge in [-0.05, 0) is 30.3 Å². The van der Waals surface area contributed by atoms with Crippen molar-refractivity contribution in [2.45, 2.75) is 6.61 Å². The SMILES string of the molecule is O=[N+]([O-])c1ccc(-c2noc(-c3ccc(Br)cc3F)c2CO)cc1. The third-order valence-corrected chi connectivity index (χ3v) is 3.97. The molecule has 1 aromatic heterocycles. The van der Waals surface area contributed by atoms with Crippen LogP contribution in [0.25, 0.3) is 22.6 Å². The standard InChI is InChI=1S/C16H10BrFN2O4/c17-10-3-6-12(14(18)7-10)16-13(8-21)15(19-24-16)9-1-4-11(5-2-9)20(22)23/h1-7,21H,8H2. The van der Waals surface area contributed by atoms with Gasteiger partial charge in [0.1, 0.15) is 11.5 Å². The lowest BCUT2D eigenvalue weighted by atomic mass is 10.0. The molecular formula is C16H10BrFN2O4. The van der Waals surface area contributed by atoms with Crippen molar-refractivity contribution in [3.63, 3.8) is 0 Å². The normalized spacial score (nSPS) is 10.8. The van der Waals surface area contributed by atoms with Crippen LogP contribution in [0.2, 0.25) is 0 Å². The first kappa shape index (κ1) is 16.3. The van der Waals surface area contributed by atoms with Crippen LogP contribution in [0, 0.1) is 15.9 Å². The van der Waals surface area contributed by atoms with Crippen LogP contribution in [0.5, 0.6) is 0 Å². The number of rotatable bonds is 4. The average Bonchev–Trinajstić information content (AvgIpc) is 2.98. The molecule has 0 aliphatic carbocycles. The topological polar surface area (TPSA) is 89.4 Å². The first-order valence-electron chi connectivity index (χ1n) is 6.81. The zero-order valence-electron chi connectivity index (χ0n) is 12.1. The minimum Gasteiger partial charge on any atom is -0.391 e. The van der Waals surface area contributed by atoms with E-state index >= 15 is 0 Å². The Morgan fingerprint density at radius 2 is 1.96 bits per heavy atom. The molecule has 0 aliphatic rings. The third-order valence-electron chi connectivity index (χ3n) is 3.47. The van der Waals surface area contributed by atoms with Crippen LogP contribution in [0.3, 0.4) is 0 Å². The van der Waals surface area contributed by atoms with Gasteiger partial charge in [-0.25, -0.2) is 4.39 Å². The summed E-state index contributed by atoms with van der Waals surface area (Å²) in [6.07, 6.45) is 0. The maximum absolute atomic E-state index is 14.1. The summed E-state index contributed by atoms with van der Waals surface area (Å²) in [6.45, 7) is -0.416. The molecule has 2 aromatic carbocycles. The summed E-state index contributed by atoms with van der Waals surface area (Å²) < 4.78 is 19.9. The molecule has 3 rings (SSSR count). The Kier molecular flexibility index (Phi) is 4.41. The molecule has 0 saturated heterocycles. The lowest BCUT2D eigenvalue weighted by Gasteiger charge is -2.03. The maximum atomic E-state index is 14.1. The highest BCUT2D eigenvalue weighted by atomic mass is 79.9. The Morgan fingerprint density at radius 3 is 2.54 bits per heavy atom. The Labute approximate surface area is 143 Å². The summed E-state index contributed by atoms with van der Waals surface area (Å²) in [6, 6.07) is 10.1. The van der Waals surface area contributed by atoms with E-state index in [1.165, 1.54) is 36.4 Å². The lowest BCUT2D eigenvalue weighted by Crippen LogP contribution is -1.92. The van der Waals surface area contributed by atoms with Crippen LogP contribution < -0.4 is 0 Å². The lowest BCUT2D eigenvalue weighted by molar-refractivity contribution is -0.384. The van der Waals surface area contributed by atoms with E-state index in [0.29, 0.717) is 21.3 Å². The molecule has 0 aliphatic heterocycles. The van der Waals surface area contributed by atoms with Crippen molar-refractivity contribution in [3.05, 3.63) is 68.4 Å². The molecule has 24 heavy (non-hydrogen) atoms. The molecule has 0 radical (unpaired) electrons. The average molecular weight is 393 g/mol. The fourth-order valence-corrected chi connectivity index (χ4v) is 2.64. The van der Waals surface area contributed by atoms with Gasteiger partial charge in [-0.1, -0.05) is 21.1 Å². The third kappa shape index (κ3) is 2.93. The first-order chi connectivity index (χ1) is 11.5. The van der Waals surface area contributed by atoms with E-state index in [4.69, 9.17) is 4.52 Å². The molecule has 0 saturated carbocycles. The zero-order chi connectivity index (χ0) is 17.3. The Morgan fingerprint density at radius 1 is 1.25 bits per heavy atom. The van der Waals surface area contributed by atoms with Crippen molar-refractivity contribution < 1.29 is 18.9 Å². The second-order valence-corrected chi connectivity index (χ2v) is 5.84. The Hall–Kier alpha value is -2.58. The number of non-ortho nitro benzene ring substituents is 1. The largest absolute Gasteiger partial charge is 0.391 e. The van der Waals surface area contributed by atoms with Crippen LogP contribution in [0.1, 0.15) is 5.56 Å². The molecule has 3 aromatic rings. The molecule has 0 bridgehead atoms. The highest BCUT2D eigenvalue weighted by Gasteiger charge is 2.21. The molecule has 0 spiro atoms. The van der Waals surface area contributed by atoms with Gasteiger partial charge in [0.15, 0.2) is 5.76 Å². The van der Waals surface area contributed by atoms with Gasteiger partial charge in [0.2, 0.25) is 0 Å². The fraction of sp³-hybridized carbons (Fsp3) is 0.0625. The van der Waals surface area contributed by atoms with Crippen molar-refractivity contribution in [2.24, 2.45) is 0 Å². The molecule has 1 N–H and O–H groups in total. The second kappa shape index (κ2) is 6.50. The van der Waals surface area contributed by atoms with Gasteiger partial charge in [-0.3, -0.25) is 10.1 Å². The number of hydrogen-bond acceptors (Lipinski definition) is 5. The molecular weight excluding hydrogens is 383 g/mol. The number of aliphatic hydroxyl groups excluding tert-OH is 1. The smallest absolute Gasteiger partial charge is 0.269 e. The summed E-state index contributed by atoms with van der Waals surface area (Å²) in [4.78, 5) is 10.2. The monoisotopic (exact) mass is 392 g/mol. The maximum Gasteiger partial charge on any atom is 0.269 e. The van der Waals surface area contributed by atoms with Crippen LogP contribution in [-0.2, 0) is 6.61 Å². The van der Waals surface area contributed by atoms with E-state index in [1.54, 1.807) is 6.07 Å². The van der Waals surface area contributed by atoms with Crippen molar-refractivity contribution in [3.8, 4) is 22.6 Å². The molecule has 1 heterocycles. The van der Waals surface area contributed by atoms with Crippen LogP contribution >= 0.6 is 15.9 Å². The number of nitrogens with zero attached hydrogens (tertiary/aromatic N) is 2. The van der Waals surface area contributed by atoms with E-state index in [-0.39, 0.29) is 17.0 Å². The number of nitro groups is 1. The van der Waals surface area contributed by atoms with E-state index in [2.05, 4.69) is 21.1 Å². The number of aliphatic hydroxyl groups is 1. The number of nitro benzene ring substituents is 1. The van der Waals surface area contributed by atoms with E-state index in [9.17, 15) is 19.6 Å². The van der Waals surface area contributed by atoms with E-state index in [0.717, 1.165) is 0 Å². The van der Waals surface area contributed by atoms with Gasteiger partial charge < -0.3 is 9.63 Å². The second-order valence-electron chi connectivity index (χ2n) is 4.93. The minimum atomic E-state index is -0.523. The van der Waals surface area contributed by atoms with Crippen molar-refractivity contribution in [1.82, 2.24) is 5.16 Å². The molecule has 0 unspecified atom stereocenters. The zero-order valence-corrected chi connectivity index (χ0v) is 13.7. The molecule has 0 amide bonds. The molecule has 0 fully saturated rings. The highest BCUT2D eigenvalue weighted by Crippen LogP contribution is 2.34. The van der Waals surface area contributed by atoms with Crippen LogP contribution in [-0.4, -0.2) is 15.2 Å². The van der Waals surface area contributed by atoms with Crippen LogP contribution in [0.15, 0.2) is 51.5 Å². The number of aromatic nitrogens is 1. The first-order valence-corrected chi connectivity index (χ1v) is 7.60. The summed E-state index contributed by atoms with van der Waals surface area (Å²) >= 11 is 3.17. The summed E-state index contributed by atoms with van der Waals surface area (Å²) in [7, 11) is 0. The summed E-state index contributed by atoms with van der Waals surface area (Å²) in [5, 5.41) is 24.3. The van der Waals surface area contributed by atoms with Crippen molar-refractivity contribution >= 4 is 21.6 Å². The van der Waals surface area contributed by atoms with E-state index < -0.39 is 17.3 Å². The van der Waals surface area contributed by atoms with Crippen LogP contribution in [0.4, 0.5) is 10.1 Å². The number of hydrogen-bond donors (Lipinski definition) is 1. The predicted molar refractivity (Wildman–Crippen MR) is 87.6 cm³/mol. The van der Waals surface area contributed by atoms with Gasteiger partial charge in [-0.2, -0.15) is 0 Å². The Bertz CT molecular complexity index is 909. The summed E-state index contributed by atoms with van der Waals surface area (Å²) in [5.74, 6) is -0.402. The Balaban J connectivity index is 2.08. The molecule has 6 nitrogen and oxygen atoms in total. The summed E-state index contributed by atoms with van der Waals surface area (Å²) in [5.41, 5.74) is 1.25. The molecule has 8 heteroatoms. The quantitative estimate of drug-likeness (QED) is 0.527. The number of halogens is 2. The van der Waals surface area contributed by atoms with Crippen molar-refractivity contribution in [1.29, 1.82) is 0 Å². The van der Waals surface area contributed by atoms with E-state index in [1.807, 2.05) is 0 Å². The van der Waals surface area contributed by atoms with Gasteiger partial charge in [0.05, 0.1) is 22.7 Å².